The maximum absolute atomic E-state index is 11.8. The van der Waals surface area contributed by atoms with Crippen molar-refractivity contribution in [1.29, 1.82) is 0 Å². The molecule has 0 aliphatic rings. The van der Waals surface area contributed by atoms with Gasteiger partial charge in [0.2, 0.25) is 0 Å². The van der Waals surface area contributed by atoms with Crippen LogP contribution in [0.1, 0.15) is 16.2 Å². The highest BCUT2D eigenvalue weighted by Crippen LogP contribution is 2.24. The van der Waals surface area contributed by atoms with Crippen LogP contribution in [0.5, 0.6) is 5.75 Å². The molecule has 3 N–H and O–H groups in total. The lowest BCUT2D eigenvalue weighted by Crippen LogP contribution is -2.13. The number of aromatic nitrogens is 1. The molecular formula is C12H13N3O3. The Balaban J connectivity index is 2.16. The van der Waals surface area contributed by atoms with Crippen LogP contribution >= 0.6 is 0 Å². The van der Waals surface area contributed by atoms with Gasteiger partial charge in [-0.1, -0.05) is 5.16 Å². The minimum atomic E-state index is -0.372. The molecule has 0 aliphatic heterocycles. The number of carbonyl (C=O) groups is 1. The topological polar surface area (TPSA) is 90.4 Å². The monoisotopic (exact) mass is 247 g/mol. The maximum atomic E-state index is 11.8. The number of carbonyl (C=O) groups excluding carboxylic acids is 1. The van der Waals surface area contributed by atoms with E-state index in [1.165, 1.54) is 0 Å². The van der Waals surface area contributed by atoms with E-state index in [9.17, 15) is 4.79 Å². The van der Waals surface area contributed by atoms with E-state index in [-0.39, 0.29) is 11.6 Å². The van der Waals surface area contributed by atoms with Gasteiger partial charge in [0.05, 0.1) is 18.5 Å². The molecule has 6 nitrogen and oxygen atoms in total. The van der Waals surface area contributed by atoms with Gasteiger partial charge in [-0.25, -0.2) is 0 Å². The highest BCUT2D eigenvalue weighted by atomic mass is 16.5. The Kier molecular flexibility index (Phi) is 3.18. The SMILES string of the molecule is COc1ccc(NC(=O)c2cc(C)on2)c(N)c1. The minimum Gasteiger partial charge on any atom is -0.497 e. The molecule has 0 bridgehead atoms. The maximum Gasteiger partial charge on any atom is 0.277 e. The number of methoxy groups -OCH3 is 1. The molecule has 94 valence electrons. The summed E-state index contributed by atoms with van der Waals surface area (Å²) in [6.45, 7) is 1.71. The number of ether oxygens (including phenoxy) is 1. The Morgan fingerprint density at radius 2 is 2.22 bits per heavy atom. The number of rotatable bonds is 3. The summed E-state index contributed by atoms with van der Waals surface area (Å²) in [7, 11) is 1.55. The van der Waals surface area contributed by atoms with Crippen molar-refractivity contribution in [1.82, 2.24) is 5.16 Å². The quantitative estimate of drug-likeness (QED) is 0.807. The van der Waals surface area contributed by atoms with Crippen LogP contribution in [-0.2, 0) is 0 Å². The van der Waals surface area contributed by atoms with Crippen molar-refractivity contribution in [3.63, 3.8) is 0 Å². The van der Waals surface area contributed by atoms with Gasteiger partial charge in [-0.2, -0.15) is 0 Å². The summed E-state index contributed by atoms with van der Waals surface area (Å²) in [5, 5.41) is 6.27. The first-order chi connectivity index (χ1) is 8.60. The molecule has 1 aromatic carbocycles. The van der Waals surface area contributed by atoms with Gasteiger partial charge in [0.25, 0.3) is 5.91 Å². The molecule has 6 heteroatoms. The molecule has 2 rings (SSSR count). The van der Waals surface area contributed by atoms with Crippen molar-refractivity contribution in [2.75, 3.05) is 18.2 Å². The van der Waals surface area contributed by atoms with E-state index in [0.717, 1.165) is 0 Å². The highest BCUT2D eigenvalue weighted by molar-refractivity contribution is 6.04. The van der Waals surface area contributed by atoms with Crippen molar-refractivity contribution in [2.24, 2.45) is 0 Å². The Morgan fingerprint density at radius 3 is 2.78 bits per heavy atom. The zero-order valence-corrected chi connectivity index (χ0v) is 10.1. The van der Waals surface area contributed by atoms with Crippen LogP contribution in [0.2, 0.25) is 0 Å². The van der Waals surface area contributed by atoms with Crippen LogP contribution in [0.3, 0.4) is 0 Å². The second-order valence-corrected chi connectivity index (χ2v) is 3.73. The summed E-state index contributed by atoms with van der Waals surface area (Å²) in [5.41, 5.74) is 6.92. The van der Waals surface area contributed by atoms with Crippen LogP contribution in [-0.4, -0.2) is 18.2 Å². The average molecular weight is 247 g/mol. The summed E-state index contributed by atoms with van der Waals surface area (Å²) >= 11 is 0. The van der Waals surface area contributed by atoms with E-state index in [1.807, 2.05) is 0 Å². The molecule has 0 unspecified atom stereocenters. The molecule has 0 atom stereocenters. The van der Waals surface area contributed by atoms with Crippen LogP contribution in [0.4, 0.5) is 11.4 Å². The lowest BCUT2D eigenvalue weighted by Gasteiger charge is -2.08. The van der Waals surface area contributed by atoms with Crippen LogP contribution in [0.15, 0.2) is 28.8 Å². The standard InChI is InChI=1S/C12H13N3O3/c1-7-5-11(15-18-7)12(16)14-10-4-3-8(17-2)6-9(10)13/h3-6H,13H2,1-2H3,(H,14,16). The summed E-state index contributed by atoms with van der Waals surface area (Å²) in [6.07, 6.45) is 0. The van der Waals surface area contributed by atoms with E-state index in [1.54, 1.807) is 38.3 Å². The lowest BCUT2D eigenvalue weighted by atomic mass is 10.2. The van der Waals surface area contributed by atoms with E-state index in [0.29, 0.717) is 22.9 Å². The van der Waals surface area contributed by atoms with Crippen molar-refractivity contribution >= 4 is 17.3 Å². The number of anilines is 2. The molecule has 1 heterocycles. The Hall–Kier alpha value is -2.50. The first kappa shape index (κ1) is 12.0. The zero-order valence-electron chi connectivity index (χ0n) is 10.1. The van der Waals surface area contributed by atoms with Crippen LogP contribution in [0.25, 0.3) is 0 Å². The molecule has 0 fully saturated rings. The van der Waals surface area contributed by atoms with Crippen molar-refractivity contribution in [3.8, 4) is 5.75 Å². The Bertz CT molecular complexity index is 578. The van der Waals surface area contributed by atoms with E-state index in [2.05, 4.69) is 10.5 Å². The number of hydrogen-bond acceptors (Lipinski definition) is 5. The zero-order chi connectivity index (χ0) is 13.1. The molecule has 0 spiro atoms. The second kappa shape index (κ2) is 4.79. The smallest absolute Gasteiger partial charge is 0.277 e. The molecular weight excluding hydrogens is 234 g/mol. The van der Waals surface area contributed by atoms with Gasteiger partial charge in [-0.15, -0.1) is 0 Å². The predicted octanol–water partition coefficient (Wildman–Crippen LogP) is 1.83. The van der Waals surface area contributed by atoms with Gasteiger partial charge in [0.15, 0.2) is 5.69 Å². The van der Waals surface area contributed by atoms with Crippen molar-refractivity contribution in [2.45, 2.75) is 6.92 Å². The fraction of sp³-hybridized carbons (Fsp3) is 0.167. The van der Waals surface area contributed by atoms with Crippen molar-refractivity contribution in [3.05, 3.63) is 35.7 Å². The molecule has 1 amide bonds. The largest absolute Gasteiger partial charge is 0.497 e. The number of aryl methyl sites for hydroxylation is 1. The van der Waals surface area contributed by atoms with Gasteiger partial charge in [0, 0.05) is 12.1 Å². The molecule has 18 heavy (non-hydrogen) atoms. The summed E-state index contributed by atoms with van der Waals surface area (Å²) in [6, 6.07) is 6.55. The molecule has 2 aromatic rings. The Morgan fingerprint density at radius 1 is 1.44 bits per heavy atom. The fourth-order valence-corrected chi connectivity index (χ4v) is 1.44. The Labute approximate surface area is 104 Å². The normalized spacial score (nSPS) is 10.1. The number of nitrogens with two attached hydrogens (primary N) is 1. The number of nitrogens with one attached hydrogen (secondary N) is 1. The van der Waals surface area contributed by atoms with Gasteiger partial charge in [-0.05, 0) is 19.1 Å². The van der Waals surface area contributed by atoms with Crippen LogP contribution in [0, 0.1) is 6.92 Å². The first-order valence-electron chi connectivity index (χ1n) is 5.28. The van der Waals surface area contributed by atoms with Crippen molar-refractivity contribution < 1.29 is 14.1 Å². The average Bonchev–Trinajstić information content (AvgIpc) is 2.78. The molecule has 0 radical (unpaired) electrons. The van der Waals surface area contributed by atoms with Gasteiger partial charge in [-0.3, -0.25) is 4.79 Å². The van der Waals surface area contributed by atoms with Gasteiger partial charge < -0.3 is 20.3 Å². The third-order valence-corrected chi connectivity index (χ3v) is 2.37. The van der Waals surface area contributed by atoms with E-state index in [4.69, 9.17) is 15.0 Å². The minimum absolute atomic E-state index is 0.211. The van der Waals surface area contributed by atoms with Gasteiger partial charge in [0.1, 0.15) is 11.5 Å². The van der Waals surface area contributed by atoms with Gasteiger partial charge >= 0.3 is 0 Å². The predicted molar refractivity (Wildman–Crippen MR) is 66.6 cm³/mol. The van der Waals surface area contributed by atoms with Crippen LogP contribution < -0.4 is 15.8 Å². The van der Waals surface area contributed by atoms with E-state index < -0.39 is 0 Å². The lowest BCUT2D eigenvalue weighted by molar-refractivity contribution is 0.101. The summed E-state index contributed by atoms with van der Waals surface area (Å²) in [5.74, 6) is 0.828. The number of hydrogen-bond donors (Lipinski definition) is 2. The molecule has 0 saturated carbocycles. The molecule has 1 aromatic heterocycles. The fourth-order valence-electron chi connectivity index (χ4n) is 1.44. The number of nitrogens with zero attached hydrogens (tertiary/aromatic N) is 1. The number of benzene rings is 1. The first-order valence-corrected chi connectivity index (χ1v) is 5.28. The number of nitrogen functional groups attached to an aromatic ring is 1. The number of amides is 1. The highest BCUT2D eigenvalue weighted by Gasteiger charge is 2.12. The van der Waals surface area contributed by atoms with E-state index >= 15 is 0 Å². The summed E-state index contributed by atoms with van der Waals surface area (Å²) in [4.78, 5) is 11.8. The molecule has 0 aliphatic carbocycles. The molecule has 0 saturated heterocycles. The third kappa shape index (κ3) is 2.42. The third-order valence-electron chi connectivity index (χ3n) is 2.37. The summed E-state index contributed by atoms with van der Waals surface area (Å²) < 4.78 is 9.85. The second-order valence-electron chi connectivity index (χ2n) is 3.73.